The molecule has 1 fully saturated rings. The summed E-state index contributed by atoms with van der Waals surface area (Å²) in [6.07, 6.45) is 6.48. The van der Waals surface area contributed by atoms with Crippen LogP contribution in [0.4, 0.5) is 0 Å². The Kier molecular flexibility index (Phi) is 5.60. The lowest BCUT2D eigenvalue weighted by Gasteiger charge is -2.24. The monoisotopic (exact) mass is 390 g/mol. The molecule has 1 aliphatic heterocycles. The average Bonchev–Trinajstić information content (AvgIpc) is 3.45. The number of likely N-dealkylation sites (tertiary alicyclic amines) is 1. The van der Waals surface area contributed by atoms with Gasteiger partial charge in [-0.2, -0.15) is 5.10 Å². The molecule has 0 bridgehead atoms. The van der Waals surface area contributed by atoms with Gasteiger partial charge in [-0.3, -0.25) is 9.59 Å². The van der Waals surface area contributed by atoms with Gasteiger partial charge in [0.15, 0.2) is 5.82 Å². The Bertz CT molecular complexity index is 974. The molecule has 0 saturated carbocycles. The van der Waals surface area contributed by atoms with Crippen LogP contribution in [-0.4, -0.2) is 49.0 Å². The summed E-state index contributed by atoms with van der Waals surface area (Å²) in [6, 6.07) is 12.9. The van der Waals surface area contributed by atoms with Gasteiger partial charge in [-0.15, -0.1) is 0 Å². The highest BCUT2D eigenvalue weighted by Crippen LogP contribution is 2.19. The molecule has 1 N–H and O–H groups in total. The van der Waals surface area contributed by atoms with Crippen molar-refractivity contribution in [2.75, 3.05) is 6.54 Å². The molecule has 29 heavy (non-hydrogen) atoms. The standard InChI is InChI=1S/C21H22N6O2/c28-19(12-16-6-2-1-3-7-16)26-11-5-9-18(26)21(29)24-13-17-8-4-10-23-20(17)27-15-22-14-25-27/h1-4,6-8,10,14-15,18H,5,9,11-13H2,(H,24,29). The van der Waals surface area contributed by atoms with E-state index in [1.165, 1.54) is 6.33 Å². The number of hydrogen-bond acceptors (Lipinski definition) is 5. The summed E-state index contributed by atoms with van der Waals surface area (Å²) in [4.78, 5) is 35.5. The molecule has 8 heteroatoms. The van der Waals surface area contributed by atoms with Crippen molar-refractivity contribution in [1.82, 2.24) is 30.0 Å². The lowest BCUT2D eigenvalue weighted by molar-refractivity contribution is -0.138. The van der Waals surface area contributed by atoms with Crippen LogP contribution in [0.25, 0.3) is 5.82 Å². The minimum absolute atomic E-state index is 0.0152. The van der Waals surface area contributed by atoms with E-state index in [4.69, 9.17) is 0 Å². The lowest BCUT2D eigenvalue weighted by atomic mass is 10.1. The second-order valence-electron chi connectivity index (χ2n) is 6.95. The maximum Gasteiger partial charge on any atom is 0.243 e. The number of benzene rings is 1. The number of nitrogens with zero attached hydrogens (tertiary/aromatic N) is 5. The first kappa shape index (κ1) is 18.8. The Labute approximate surface area is 168 Å². The molecule has 0 radical (unpaired) electrons. The fourth-order valence-electron chi connectivity index (χ4n) is 3.60. The van der Waals surface area contributed by atoms with Gasteiger partial charge in [0, 0.05) is 24.8 Å². The van der Waals surface area contributed by atoms with Gasteiger partial charge in [-0.05, 0) is 24.5 Å². The zero-order valence-corrected chi connectivity index (χ0v) is 15.9. The number of carbonyl (C=O) groups excluding carboxylic acids is 2. The minimum atomic E-state index is -0.433. The number of aromatic nitrogens is 4. The number of nitrogens with one attached hydrogen (secondary N) is 1. The van der Waals surface area contributed by atoms with Crippen molar-refractivity contribution in [3.63, 3.8) is 0 Å². The molecule has 3 aromatic rings. The molecule has 1 atom stereocenters. The molecule has 8 nitrogen and oxygen atoms in total. The van der Waals surface area contributed by atoms with Crippen LogP contribution in [-0.2, 0) is 22.6 Å². The maximum atomic E-state index is 12.8. The quantitative estimate of drug-likeness (QED) is 0.689. The summed E-state index contributed by atoms with van der Waals surface area (Å²) < 4.78 is 1.56. The van der Waals surface area contributed by atoms with E-state index >= 15 is 0 Å². The second-order valence-corrected chi connectivity index (χ2v) is 6.95. The number of pyridine rings is 1. The van der Waals surface area contributed by atoms with Gasteiger partial charge >= 0.3 is 0 Å². The average molecular weight is 390 g/mol. The van der Waals surface area contributed by atoms with Gasteiger partial charge in [-0.1, -0.05) is 36.4 Å². The summed E-state index contributed by atoms with van der Waals surface area (Å²) in [7, 11) is 0. The highest BCUT2D eigenvalue weighted by atomic mass is 16.2. The zero-order valence-electron chi connectivity index (χ0n) is 15.9. The van der Waals surface area contributed by atoms with Crippen LogP contribution >= 0.6 is 0 Å². The number of carbonyl (C=O) groups is 2. The molecule has 3 heterocycles. The van der Waals surface area contributed by atoms with Gasteiger partial charge in [-0.25, -0.2) is 14.6 Å². The molecular formula is C21H22N6O2. The highest BCUT2D eigenvalue weighted by molar-refractivity contribution is 5.89. The van der Waals surface area contributed by atoms with E-state index in [9.17, 15) is 9.59 Å². The molecule has 2 aromatic heterocycles. The third kappa shape index (κ3) is 4.31. The van der Waals surface area contributed by atoms with E-state index in [2.05, 4.69) is 20.4 Å². The van der Waals surface area contributed by atoms with Gasteiger partial charge in [0.2, 0.25) is 11.8 Å². The zero-order chi connectivity index (χ0) is 20.1. The Hall–Kier alpha value is -3.55. The van der Waals surface area contributed by atoms with Gasteiger partial charge < -0.3 is 10.2 Å². The second kappa shape index (κ2) is 8.64. The van der Waals surface area contributed by atoms with E-state index in [0.29, 0.717) is 31.7 Å². The van der Waals surface area contributed by atoms with E-state index in [0.717, 1.165) is 17.5 Å². The summed E-state index contributed by atoms with van der Waals surface area (Å²) >= 11 is 0. The Morgan fingerprint density at radius 1 is 1.14 bits per heavy atom. The predicted octanol–water partition coefficient (Wildman–Crippen LogP) is 1.51. The third-order valence-corrected chi connectivity index (χ3v) is 5.03. The van der Waals surface area contributed by atoms with Gasteiger partial charge in [0.25, 0.3) is 0 Å². The van der Waals surface area contributed by atoms with Crippen LogP contribution < -0.4 is 5.32 Å². The van der Waals surface area contributed by atoms with Crippen molar-refractivity contribution in [1.29, 1.82) is 0 Å². The predicted molar refractivity (Wildman–Crippen MR) is 106 cm³/mol. The Balaban J connectivity index is 1.40. The fourth-order valence-corrected chi connectivity index (χ4v) is 3.60. The van der Waals surface area contributed by atoms with E-state index in [1.807, 2.05) is 42.5 Å². The molecule has 1 saturated heterocycles. The minimum Gasteiger partial charge on any atom is -0.350 e. The largest absolute Gasteiger partial charge is 0.350 e. The van der Waals surface area contributed by atoms with Crippen LogP contribution in [0, 0.1) is 0 Å². The van der Waals surface area contributed by atoms with E-state index in [1.54, 1.807) is 22.1 Å². The molecule has 2 amide bonds. The van der Waals surface area contributed by atoms with Crippen molar-refractivity contribution in [2.24, 2.45) is 0 Å². The number of hydrogen-bond donors (Lipinski definition) is 1. The van der Waals surface area contributed by atoms with Crippen LogP contribution in [0.15, 0.2) is 61.3 Å². The van der Waals surface area contributed by atoms with E-state index < -0.39 is 6.04 Å². The van der Waals surface area contributed by atoms with Crippen molar-refractivity contribution >= 4 is 11.8 Å². The van der Waals surface area contributed by atoms with Crippen molar-refractivity contribution in [3.8, 4) is 5.82 Å². The molecule has 1 aliphatic rings. The molecular weight excluding hydrogens is 368 g/mol. The summed E-state index contributed by atoms with van der Waals surface area (Å²) in [5.41, 5.74) is 1.78. The van der Waals surface area contributed by atoms with Crippen LogP contribution in [0.1, 0.15) is 24.0 Å². The van der Waals surface area contributed by atoms with Crippen LogP contribution in [0.3, 0.4) is 0 Å². The van der Waals surface area contributed by atoms with Crippen LogP contribution in [0.5, 0.6) is 0 Å². The Morgan fingerprint density at radius 3 is 2.79 bits per heavy atom. The Morgan fingerprint density at radius 2 is 2.00 bits per heavy atom. The number of rotatable bonds is 6. The van der Waals surface area contributed by atoms with Crippen molar-refractivity contribution in [3.05, 3.63) is 72.4 Å². The first-order valence-electron chi connectivity index (χ1n) is 9.62. The van der Waals surface area contributed by atoms with Crippen LogP contribution in [0.2, 0.25) is 0 Å². The third-order valence-electron chi connectivity index (χ3n) is 5.03. The molecule has 4 rings (SSSR count). The highest BCUT2D eigenvalue weighted by Gasteiger charge is 2.33. The molecule has 148 valence electrons. The molecule has 0 aliphatic carbocycles. The molecule has 1 aromatic carbocycles. The van der Waals surface area contributed by atoms with E-state index in [-0.39, 0.29) is 11.8 Å². The molecule has 1 unspecified atom stereocenters. The first-order chi connectivity index (χ1) is 14.2. The fraction of sp³-hybridized carbons (Fsp3) is 0.286. The first-order valence-corrected chi connectivity index (χ1v) is 9.62. The molecule has 0 spiro atoms. The summed E-state index contributed by atoms with van der Waals surface area (Å²) in [5.74, 6) is 0.463. The van der Waals surface area contributed by atoms with Crippen molar-refractivity contribution in [2.45, 2.75) is 31.8 Å². The maximum absolute atomic E-state index is 12.8. The van der Waals surface area contributed by atoms with Gasteiger partial charge in [0.1, 0.15) is 18.7 Å². The SMILES string of the molecule is O=C(NCc1cccnc1-n1cncn1)C1CCCN1C(=O)Cc1ccccc1. The summed E-state index contributed by atoms with van der Waals surface area (Å²) in [6.45, 7) is 0.917. The number of amides is 2. The topological polar surface area (TPSA) is 93.0 Å². The normalized spacial score (nSPS) is 16.0. The van der Waals surface area contributed by atoms with Gasteiger partial charge in [0.05, 0.1) is 6.42 Å². The summed E-state index contributed by atoms with van der Waals surface area (Å²) in [5, 5.41) is 7.06. The smallest absolute Gasteiger partial charge is 0.243 e. The van der Waals surface area contributed by atoms with Crippen molar-refractivity contribution < 1.29 is 9.59 Å². The lowest BCUT2D eigenvalue weighted by Crippen LogP contribution is -2.46.